The summed E-state index contributed by atoms with van der Waals surface area (Å²) in [7, 11) is 1.73. The summed E-state index contributed by atoms with van der Waals surface area (Å²) < 4.78 is 5.36. The molecule has 1 N–H and O–H groups in total. The van der Waals surface area contributed by atoms with Gasteiger partial charge in [-0.1, -0.05) is 20.8 Å². The standard InChI is InChI=1S/C17H23NO/c1-17(2,3)11-5-7-15-13(9-11)14-10-12(19-4)6-8-16(14)18-15/h6,8,10-11,18H,5,7,9H2,1-4H3. The molecule has 0 spiro atoms. The van der Waals surface area contributed by atoms with Gasteiger partial charge in [-0.2, -0.15) is 0 Å². The van der Waals surface area contributed by atoms with E-state index < -0.39 is 0 Å². The van der Waals surface area contributed by atoms with E-state index in [4.69, 9.17) is 4.74 Å². The lowest BCUT2D eigenvalue weighted by molar-refractivity contribution is 0.216. The molecule has 1 aliphatic carbocycles. The highest BCUT2D eigenvalue weighted by Gasteiger charge is 2.30. The van der Waals surface area contributed by atoms with Crippen molar-refractivity contribution in [3.63, 3.8) is 0 Å². The molecule has 0 aliphatic heterocycles. The van der Waals surface area contributed by atoms with Gasteiger partial charge in [-0.3, -0.25) is 0 Å². The first-order chi connectivity index (χ1) is 8.99. The van der Waals surface area contributed by atoms with E-state index >= 15 is 0 Å². The molecular formula is C17H23NO. The number of aromatic nitrogens is 1. The van der Waals surface area contributed by atoms with Crippen molar-refractivity contribution in [1.29, 1.82) is 0 Å². The van der Waals surface area contributed by atoms with Crippen LogP contribution in [0.1, 0.15) is 38.4 Å². The predicted octanol–water partition coefficient (Wildman–Crippen LogP) is 4.33. The van der Waals surface area contributed by atoms with E-state index in [1.54, 1.807) is 7.11 Å². The number of methoxy groups -OCH3 is 1. The van der Waals surface area contributed by atoms with Gasteiger partial charge in [-0.25, -0.2) is 0 Å². The van der Waals surface area contributed by atoms with E-state index in [1.807, 2.05) is 6.07 Å². The van der Waals surface area contributed by atoms with Crippen molar-refractivity contribution in [3.8, 4) is 5.75 Å². The van der Waals surface area contributed by atoms with Crippen LogP contribution in [0.3, 0.4) is 0 Å². The van der Waals surface area contributed by atoms with Gasteiger partial charge in [0.05, 0.1) is 7.11 Å². The monoisotopic (exact) mass is 257 g/mol. The molecule has 0 fully saturated rings. The van der Waals surface area contributed by atoms with Gasteiger partial charge in [0.25, 0.3) is 0 Å². The summed E-state index contributed by atoms with van der Waals surface area (Å²) in [6.07, 6.45) is 3.65. The highest BCUT2D eigenvalue weighted by Crippen LogP contribution is 2.40. The molecule has 19 heavy (non-hydrogen) atoms. The molecule has 2 heteroatoms. The minimum atomic E-state index is 0.389. The van der Waals surface area contributed by atoms with E-state index in [1.165, 1.54) is 41.4 Å². The third-order valence-corrected chi connectivity index (χ3v) is 4.62. The van der Waals surface area contributed by atoms with Crippen LogP contribution in [0.4, 0.5) is 0 Å². The van der Waals surface area contributed by atoms with Gasteiger partial charge in [-0.15, -0.1) is 0 Å². The molecule has 2 nitrogen and oxygen atoms in total. The van der Waals surface area contributed by atoms with Crippen molar-refractivity contribution in [2.45, 2.75) is 40.0 Å². The molecule has 3 rings (SSSR count). The Hall–Kier alpha value is -1.44. The van der Waals surface area contributed by atoms with Crippen molar-refractivity contribution >= 4 is 10.9 Å². The lowest BCUT2D eigenvalue weighted by Gasteiger charge is -2.34. The van der Waals surface area contributed by atoms with E-state index in [0.29, 0.717) is 5.41 Å². The van der Waals surface area contributed by atoms with Crippen LogP contribution in [0, 0.1) is 11.3 Å². The fraction of sp³-hybridized carbons (Fsp3) is 0.529. The average molecular weight is 257 g/mol. The SMILES string of the molecule is COc1ccc2[nH]c3c(c2c1)CC(C(C)(C)C)CC3. The molecule has 0 saturated carbocycles. The van der Waals surface area contributed by atoms with E-state index in [2.05, 4.69) is 37.9 Å². The van der Waals surface area contributed by atoms with Gasteiger partial charge in [0, 0.05) is 16.6 Å². The summed E-state index contributed by atoms with van der Waals surface area (Å²) in [4.78, 5) is 3.58. The number of hydrogen-bond acceptors (Lipinski definition) is 1. The minimum Gasteiger partial charge on any atom is -0.497 e. The van der Waals surface area contributed by atoms with Crippen LogP contribution in [0.2, 0.25) is 0 Å². The number of ether oxygens (including phenoxy) is 1. The Morgan fingerprint density at radius 1 is 1.26 bits per heavy atom. The van der Waals surface area contributed by atoms with Crippen molar-refractivity contribution in [2.24, 2.45) is 11.3 Å². The Kier molecular flexibility index (Phi) is 2.84. The zero-order valence-electron chi connectivity index (χ0n) is 12.3. The molecule has 1 aromatic carbocycles. The lowest BCUT2D eigenvalue weighted by atomic mass is 9.71. The first-order valence-electron chi connectivity index (χ1n) is 7.16. The lowest BCUT2D eigenvalue weighted by Crippen LogP contribution is -2.26. The largest absolute Gasteiger partial charge is 0.497 e. The maximum Gasteiger partial charge on any atom is 0.119 e. The van der Waals surface area contributed by atoms with Crippen LogP contribution >= 0.6 is 0 Å². The number of H-pyrrole nitrogens is 1. The summed E-state index contributed by atoms with van der Waals surface area (Å²) in [5, 5.41) is 1.35. The fourth-order valence-corrected chi connectivity index (χ4v) is 3.26. The maximum atomic E-state index is 5.36. The van der Waals surface area contributed by atoms with Crippen molar-refractivity contribution in [3.05, 3.63) is 29.5 Å². The number of aryl methyl sites for hydroxylation is 1. The van der Waals surface area contributed by atoms with E-state index in [9.17, 15) is 0 Å². The number of aromatic amines is 1. The highest BCUT2D eigenvalue weighted by molar-refractivity contribution is 5.86. The second kappa shape index (κ2) is 4.29. The van der Waals surface area contributed by atoms with Crippen LogP contribution in [-0.4, -0.2) is 12.1 Å². The summed E-state index contributed by atoms with van der Waals surface area (Å²) in [6, 6.07) is 6.35. The van der Waals surface area contributed by atoms with Crippen molar-refractivity contribution in [2.75, 3.05) is 7.11 Å². The van der Waals surface area contributed by atoms with Crippen LogP contribution in [0.25, 0.3) is 10.9 Å². The van der Waals surface area contributed by atoms with Crippen molar-refractivity contribution in [1.82, 2.24) is 4.98 Å². The normalized spacial score (nSPS) is 19.5. The second-order valence-corrected chi connectivity index (χ2v) is 6.80. The molecule has 0 bridgehead atoms. The highest BCUT2D eigenvalue weighted by atomic mass is 16.5. The molecule has 1 atom stereocenters. The zero-order valence-corrected chi connectivity index (χ0v) is 12.3. The number of hydrogen-bond donors (Lipinski definition) is 1. The van der Waals surface area contributed by atoms with Gasteiger partial charge in [0.2, 0.25) is 0 Å². The number of rotatable bonds is 1. The average Bonchev–Trinajstić information content (AvgIpc) is 2.74. The van der Waals surface area contributed by atoms with Crippen LogP contribution < -0.4 is 4.74 Å². The van der Waals surface area contributed by atoms with Crippen molar-refractivity contribution < 1.29 is 4.74 Å². The van der Waals surface area contributed by atoms with Gasteiger partial charge >= 0.3 is 0 Å². The summed E-state index contributed by atoms with van der Waals surface area (Å²) in [5.74, 6) is 1.72. The molecule has 1 aromatic heterocycles. The van der Waals surface area contributed by atoms with Gasteiger partial charge in [-0.05, 0) is 54.4 Å². The second-order valence-electron chi connectivity index (χ2n) is 6.80. The molecule has 102 valence electrons. The Labute approximate surface area is 115 Å². The number of benzene rings is 1. The number of nitrogens with one attached hydrogen (secondary N) is 1. The molecule has 1 unspecified atom stereocenters. The van der Waals surface area contributed by atoms with Crippen LogP contribution in [-0.2, 0) is 12.8 Å². The summed E-state index contributed by atoms with van der Waals surface area (Å²) >= 11 is 0. The molecule has 1 heterocycles. The smallest absolute Gasteiger partial charge is 0.119 e. The van der Waals surface area contributed by atoms with Crippen LogP contribution in [0.5, 0.6) is 5.75 Å². The molecule has 0 radical (unpaired) electrons. The molecular weight excluding hydrogens is 234 g/mol. The third kappa shape index (κ3) is 2.13. The van der Waals surface area contributed by atoms with Crippen LogP contribution in [0.15, 0.2) is 18.2 Å². The van der Waals surface area contributed by atoms with Gasteiger partial charge in [0.15, 0.2) is 0 Å². The Bertz CT molecular complexity index is 603. The summed E-state index contributed by atoms with van der Waals surface area (Å²) in [5.41, 5.74) is 4.59. The molecule has 0 amide bonds. The predicted molar refractivity (Wildman–Crippen MR) is 79.8 cm³/mol. The first-order valence-corrected chi connectivity index (χ1v) is 7.16. The minimum absolute atomic E-state index is 0.389. The van der Waals surface area contributed by atoms with E-state index in [-0.39, 0.29) is 0 Å². The summed E-state index contributed by atoms with van der Waals surface area (Å²) in [6.45, 7) is 7.08. The Balaban J connectivity index is 2.07. The fourth-order valence-electron chi connectivity index (χ4n) is 3.26. The topological polar surface area (TPSA) is 25.0 Å². The molecule has 2 aromatic rings. The Morgan fingerprint density at radius 3 is 2.74 bits per heavy atom. The number of fused-ring (bicyclic) bond motifs is 3. The van der Waals surface area contributed by atoms with Gasteiger partial charge < -0.3 is 9.72 Å². The first kappa shape index (κ1) is 12.6. The zero-order chi connectivity index (χ0) is 13.6. The Morgan fingerprint density at radius 2 is 2.05 bits per heavy atom. The molecule has 1 aliphatic rings. The van der Waals surface area contributed by atoms with E-state index in [0.717, 1.165) is 11.7 Å². The maximum absolute atomic E-state index is 5.36. The van der Waals surface area contributed by atoms with Gasteiger partial charge in [0.1, 0.15) is 5.75 Å². The quantitative estimate of drug-likeness (QED) is 0.808. The third-order valence-electron chi connectivity index (χ3n) is 4.62. The molecule has 0 saturated heterocycles.